The van der Waals surface area contributed by atoms with Crippen LogP contribution < -0.4 is 16.0 Å². The third-order valence-electron chi connectivity index (χ3n) is 4.00. The van der Waals surface area contributed by atoms with Crippen molar-refractivity contribution in [2.24, 2.45) is 10.7 Å². The van der Waals surface area contributed by atoms with Gasteiger partial charge in [-0.25, -0.2) is 4.99 Å². The molecule has 0 spiro atoms. The van der Waals surface area contributed by atoms with Gasteiger partial charge < -0.3 is 16.0 Å². The first-order chi connectivity index (χ1) is 11.8. The van der Waals surface area contributed by atoms with Gasteiger partial charge in [-0.2, -0.15) is 11.8 Å². The van der Waals surface area contributed by atoms with Crippen molar-refractivity contribution in [3.8, 4) is 0 Å². The van der Waals surface area contributed by atoms with Crippen LogP contribution in [0.4, 0.5) is 5.69 Å². The summed E-state index contributed by atoms with van der Waals surface area (Å²) in [4.78, 5) is 8.24. The number of anilines is 1. The summed E-state index contributed by atoms with van der Waals surface area (Å²) in [5, 5.41) is 5.27. The van der Waals surface area contributed by atoms with Crippen molar-refractivity contribution in [2.45, 2.75) is 13.0 Å². The molecule has 7 heteroatoms. The molecule has 0 radical (unpaired) electrons. The fourth-order valence-electron chi connectivity index (χ4n) is 2.63. The minimum atomic E-state index is 0. The summed E-state index contributed by atoms with van der Waals surface area (Å²) >= 11 is 3.81. The van der Waals surface area contributed by atoms with E-state index in [1.54, 1.807) is 11.3 Å². The second kappa shape index (κ2) is 10.9. The van der Waals surface area contributed by atoms with Crippen LogP contribution in [-0.2, 0) is 13.0 Å². The number of nitrogens with zero attached hydrogens (tertiary/aromatic N) is 2. The summed E-state index contributed by atoms with van der Waals surface area (Å²) in [7, 11) is 0. The molecule has 1 aliphatic rings. The lowest BCUT2D eigenvalue weighted by Gasteiger charge is -2.28. The molecule has 0 unspecified atom stereocenters. The van der Waals surface area contributed by atoms with Gasteiger partial charge >= 0.3 is 0 Å². The predicted octanol–water partition coefficient (Wildman–Crippen LogP) is 3.57. The van der Waals surface area contributed by atoms with E-state index in [9.17, 15) is 0 Å². The SMILES string of the molecule is I.NC(=NCc1ccc(N2CCSCC2)cc1)NCCc1cccs1. The number of guanidine groups is 1. The summed E-state index contributed by atoms with van der Waals surface area (Å²) in [5.74, 6) is 2.96. The molecule has 0 bridgehead atoms. The van der Waals surface area contributed by atoms with Gasteiger partial charge in [0.1, 0.15) is 0 Å². The maximum absolute atomic E-state index is 5.94. The van der Waals surface area contributed by atoms with E-state index in [-0.39, 0.29) is 24.0 Å². The molecule has 1 fully saturated rings. The molecule has 1 aliphatic heterocycles. The number of nitrogens with one attached hydrogen (secondary N) is 1. The van der Waals surface area contributed by atoms with E-state index in [4.69, 9.17) is 5.73 Å². The van der Waals surface area contributed by atoms with Crippen molar-refractivity contribution in [2.75, 3.05) is 36.0 Å². The molecule has 0 amide bonds. The second-order valence-electron chi connectivity index (χ2n) is 5.72. The van der Waals surface area contributed by atoms with Gasteiger partial charge in [-0.3, -0.25) is 0 Å². The average molecular weight is 488 g/mol. The lowest BCUT2D eigenvalue weighted by atomic mass is 10.2. The fourth-order valence-corrected chi connectivity index (χ4v) is 4.25. The second-order valence-corrected chi connectivity index (χ2v) is 7.98. The van der Waals surface area contributed by atoms with Gasteiger partial charge in [-0.1, -0.05) is 18.2 Å². The lowest BCUT2D eigenvalue weighted by Crippen LogP contribution is -2.33. The Morgan fingerprint density at radius 1 is 1.16 bits per heavy atom. The highest BCUT2D eigenvalue weighted by Crippen LogP contribution is 2.20. The molecule has 0 atom stereocenters. The standard InChI is InChI=1S/C18H24N4S2.HI/c19-18(20-8-7-17-2-1-11-24-17)21-14-15-3-5-16(6-4-15)22-9-12-23-13-10-22;/h1-6,11H,7-10,12-14H2,(H3,19,20,21);1H. The minimum absolute atomic E-state index is 0. The molecule has 136 valence electrons. The molecule has 1 aromatic heterocycles. The van der Waals surface area contributed by atoms with Crippen LogP contribution in [0.3, 0.4) is 0 Å². The number of hydrogen-bond acceptors (Lipinski definition) is 4. The molecular weight excluding hydrogens is 463 g/mol. The third kappa shape index (κ3) is 6.71. The topological polar surface area (TPSA) is 53.6 Å². The van der Waals surface area contributed by atoms with Crippen molar-refractivity contribution in [1.82, 2.24) is 5.32 Å². The monoisotopic (exact) mass is 488 g/mol. The number of hydrogen-bond donors (Lipinski definition) is 2. The molecule has 3 rings (SSSR count). The van der Waals surface area contributed by atoms with Gasteiger partial charge in [0, 0.05) is 41.7 Å². The number of thiophene rings is 1. The van der Waals surface area contributed by atoms with E-state index in [2.05, 4.69) is 57.0 Å². The molecule has 25 heavy (non-hydrogen) atoms. The van der Waals surface area contributed by atoms with Gasteiger partial charge in [0.05, 0.1) is 6.54 Å². The Balaban J connectivity index is 0.00000225. The molecule has 0 saturated carbocycles. The highest BCUT2D eigenvalue weighted by Gasteiger charge is 2.10. The van der Waals surface area contributed by atoms with Crippen LogP contribution in [0.2, 0.25) is 0 Å². The average Bonchev–Trinajstić information content (AvgIpc) is 3.15. The number of thioether (sulfide) groups is 1. The van der Waals surface area contributed by atoms with E-state index >= 15 is 0 Å². The van der Waals surface area contributed by atoms with E-state index in [1.807, 2.05) is 11.8 Å². The summed E-state index contributed by atoms with van der Waals surface area (Å²) < 4.78 is 0. The minimum Gasteiger partial charge on any atom is -0.370 e. The first-order valence-corrected chi connectivity index (χ1v) is 10.3. The summed E-state index contributed by atoms with van der Waals surface area (Å²) in [6.07, 6.45) is 0.983. The molecule has 0 aliphatic carbocycles. The molecular formula is C18H25IN4S2. The molecule has 2 heterocycles. The number of halogens is 1. The highest BCUT2D eigenvalue weighted by molar-refractivity contribution is 14.0. The van der Waals surface area contributed by atoms with Crippen LogP contribution in [0.25, 0.3) is 0 Å². The Bertz CT molecular complexity index is 638. The number of nitrogens with two attached hydrogens (primary N) is 1. The number of benzene rings is 1. The van der Waals surface area contributed by atoms with Gasteiger partial charge in [0.25, 0.3) is 0 Å². The molecule has 4 nitrogen and oxygen atoms in total. The van der Waals surface area contributed by atoms with Crippen molar-refractivity contribution >= 4 is 58.7 Å². The summed E-state index contributed by atoms with van der Waals surface area (Å²) in [6.45, 7) is 3.72. The van der Waals surface area contributed by atoms with Crippen LogP contribution in [0, 0.1) is 0 Å². The van der Waals surface area contributed by atoms with Gasteiger partial charge in [0.2, 0.25) is 0 Å². The molecule has 2 aromatic rings. The van der Waals surface area contributed by atoms with Gasteiger partial charge in [-0.15, -0.1) is 35.3 Å². The first kappa shape index (κ1) is 20.4. The van der Waals surface area contributed by atoms with E-state index < -0.39 is 0 Å². The van der Waals surface area contributed by atoms with Crippen molar-refractivity contribution < 1.29 is 0 Å². The van der Waals surface area contributed by atoms with Gasteiger partial charge in [0.15, 0.2) is 5.96 Å². The maximum Gasteiger partial charge on any atom is 0.188 e. The molecule has 1 aromatic carbocycles. The van der Waals surface area contributed by atoms with E-state index in [1.165, 1.54) is 27.6 Å². The Kier molecular flexibility index (Phi) is 8.91. The van der Waals surface area contributed by atoms with Crippen LogP contribution >= 0.6 is 47.1 Å². The Labute approximate surface area is 175 Å². The fraction of sp³-hybridized carbons (Fsp3) is 0.389. The molecule has 3 N–H and O–H groups in total. The van der Waals surface area contributed by atoms with E-state index in [0.717, 1.165) is 26.1 Å². The number of rotatable bonds is 6. The van der Waals surface area contributed by atoms with Crippen LogP contribution in [0.5, 0.6) is 0 Å². The van der Waals surface area contributed by atoms with Crippen molar-refractivity contribution in [3.63, 3.8) is 0 Å². The third-order valence-corrected chi connectivity index (χ3v) is 5.88. The Hall–Kier alpha value is -0.930. The first-order valence-electron chi connectivity index (χ1n) is 8.29. The lowest BCUT2D eigenvalue weighted by molar-refractivity contribution is 0.854. The number of aliphatic imine (C=N–C) groups is 1. The van der Waals surface area contributed by atoms with Crippen molar-refractivity contribution in [3.05, 3.63) is 52.2 Å². The van der Waals surface area contributed by atoms with Crippen molar-refractivity contribution in [1.29, 1.82) is 0 Å². The van der Waals surface area contributed by atoms with E-state index in [0.29, 0.717) is 12.5 Å². The molecule has 1 saturated heterocycles. The quantitative estimate of drug-likeness (QED) is 0.371. The maximum atomic E-state index is 5.94. The smallest absolute Gasteiger partial charge is 0.188 e. The Morgan fingerprint density at radius 3 is 2.60 bits per heavy atom. The zero-order valence-electron chi connectivity index (χ0n) is 14.2. The zero-order valence-corrected chi connectivity index (χ0v) is 18.2. The van der Waals surface area contributed by atoms with Crippen LogP contribution in [-0.4, -0.2) is 37.1 Å². The highest BCUT2D eigenvalue weighted by atomic mass is 127. The van der Waals surface area contributed by atoms with Crippen LogP contribution in [0.15, 0.2) is 46.8 Å². The zero-order chi connectivity index (χ0) is 16.6. The largest absolute Gasteiger partial charge is 0.370 e. The summed E-state index contributed by atoms with van der Waals surface area (Å²) in [6, 6.07) is 12.9. The Morgan fingerprint density at radius 2 is 1.92 bits per heavy atom. The van der Waals surface area contributed by atoms with Crippen LogP contribution in [0.1, 0.15) is 10.4 Å². The normalized spacial score (nSPS) is 14.9. The predicted molar refractivity (Wildman–Crippen MR) is 123 cm³/mol. The summed E-state index contributed by atoms with van der Waals surface area (Å²) in [5.41, 5.74) is 8.44. The van der Waals surface area contributed by atoms with Gasteiger partial charge in [-0.05, 0) is 35.6 Å².